The van der Waals surface area contributed by atoms with Crippen LogP contribution in [-0.4, -0.2) is 16.2 Å². The monoisotopic (exact) mass is 265 g/mol. The van der Waals surface area contributed by atoms with Crippen LogP contribution in [0.4, 0.5) is 10.2 Å². The zero-order valence-corrected chi connectivity index (χ0v) is 10.8. The number of nitrogen functional groups attached to an aromatic ring is 1. The molecule has 0 aliphatic carbocycles. The van der Waals surface area contributed by atoms with Gasteiger partial charge in [-0.25, -0.2) is 9.37 Å². The number of benzene rings is 1. The predicted octanol–water partition coefficient (Wildman–Crippen LogP) is 3.02. The van der Waals surface area contributed by atoms with E-state index in [1.165, 1.54) is 23.9 Å². The Bertz CT molecular complexity index is 577. The van der Waals surface area contributed by atoms with Crippen molar-refractivity contribution in [3.63, 3.8) is 0 Å². The van der Waals surface area contributed by atoms with Crippen LogP contribution in [0.3, 0.4) is 0 Å². The lowest BCUT2D eigenvalue weighted by Crippen LogP contribution is -1.97. The highest BCUT2D eigenvalue weighted by Crippen LogP contribution is 2.24. The maximum Gasteiger partial charge on any atom is 0.225 e. The molecule has 0 spiro atoms. The number of halogens is 1. The number of aryl methyl sites for hydroxylation is 1. The predicted molar refractivity (Wildman–Crippen MR) is 69.4 cm³/mol. The van der Waals surface area contributed by atoms with E-state index in [0.29, 0.717) is 28.2 Å². The fourth-order valence-electron chi connectivity index (χ4n) is 1.37. The van der Waals surface area contributed by atoms with Crippen molar-refractivity contribution in [3.8, 4) is 11.6 Å². The van der Waals surface area contributed by atoms with Crippen LogP contribution in [0.25, 0.3) is 0 Å². The average Bonchev–Trinajstić information content (AvgIpc) is 2.33. The van der Waals surface area contributed by atoms with Gasteiger partial charge < -0.3 is 10.5 Å². The largest absolute Gasteiger partial charge is 0.439 e. The van der Waals surface area contributed by atoms with Crippen molar-refractivity contribution < 1.29 is 9.13 Å². The van der Waals surface area contributed by atoms with Crippen LogP contribution in [0.5, 0.6) is 11.6 Å². The smallest absolute Gasteiger partial charge is 0.225 e. The number of aromatic nitrogens is 2. The molecule has 1 heterocycles. The Balaban J connectivity index is 2.27. The van der Waals surface area contributed by atoms with Gasteiger partial charge in [-0.2, -0.15) is 4.98 Å². The highest BCUT2D eigenvalue weighted by molar-refractivity contribution is 7.98. The van der Waals surface area contributed by atoms with Crippen molar-refractivity contribution in [2.24, 2.45) is 0 Å². The summed E-state index contributed by atoms with van der Waals surface area (Å²) in [7, 11) is 0. The van der Waals surface area contributed by atoms with Gasteiger partial charge in [0.15, 0.2) is 5.16 Å². The average molecular weight is 265 g/mol. The highest BCUT2D eigenvalue weighted by atomic mass is 32.2. The first-order chi connectivity index (χ1) is 8.58. The first-order valence-corrected chi connectivity index (χ1v) is 6.43. The Morgan fingerprint density at radius 2 is 2.06 bits per heavy atom. The van der Waals surface area contributed by atoms with Gasteiger partial charge in [0.05, 0.1) is 0 Å². The maximum absolute atomic E-state index is 13.1. The van der Waals surface area contributed by atoms with E-state index in [2.05, 4.69) is 9.97 Å². The second kappa shape index (κ2) is 5.22. The quantitative estimate of drug-likeness (QED) is 0.682. The molecule has 0 aliphatic rings. The van der Waals surface area contributed by atoms with Crippen molar-refractivity contribution in [2.75, 3.05) is 12.0 Å². The molecule has 0 atom stereocenters. The minimum absolute atomic E-state index is 0.269. The number of anilines is 1. The molecule has 0 radical (unpaired) electrons. The minimum atomic E-state index is -0.269. The molecule has 2 aromatic rings. The van der Waals surface area contributed by atoms with Crippen LogP contribution >= 0.6 is 11.8 Å². The zero-order chi connectivity index (χ0) is 13.1. The molecule has 94 valence electrons. The van der Waals surface area contributed by atoms with Crippen LogP contribution in [0.1, 0.15) is 5.56 Å². The molecule has 0 saturated heterocycles. The summed E-state index contributed by atoms with van der Waals surface area (Å²) in [6.45, 7) is 1.67. The fraction of sp³-hybridized carbons (Fsp3) is 0.167. The summed E-state index contributed by atoms with van der Waals surface area (Å²) >= 11 is 1.37. The van der Waals surface area contributed by atoms with Gasteiger partial charge in [0.25, 0.3) is 0 Å². The molecule has 2 rings (SSSR count). The topological polar surface area (TPSA) is 61.0 Å². The number of hydrogen-bond acceptors (Lipinski definition) is 5. The van der Waals surface area contributed by atoms with E-state index in [0.717, 1.165) is 0 Å². The normalized spacial score (nSPS) is 10.4. The first-order valence-electron chi connectivity index (χ1n) is 5.21. The molecule has 0 aliphatic heterocycles. The van der Waals surface area contributed by atoms with Gasteiger partial charge in [0.1, 0.15) is 17.4 Å². The van der Waals surface area contributed by atoms with E-state index in [9.17, 15) is 4.39 Å². The molecule has 0 amide bonds. The Morgan fingerprint density at radius 3 is 2.72 bits per heavy atom. The van der Waals surface area contributed by atoms with Crippen molar-refractivity contribution in [2.45, 2.75) is 12.1 Å². The number of nitrogens with zero attached hydrogens (tertiary/aromatic N) is 2. The van der Waals surface area contributed by atoms with Gasteiger partial charge in [-0.05, 0) is 36.9 Å². The minimum Gasteiger partial charge on any atom is -0.439 e. The third-order valence-corrected chi connectivity index (χ3v) is 2.78. The van der Waals surface area contributed by atoms with Crippen LogP contribution in [0.15, 0.2) is 29.4 Å². The number of hydrogen-bond donors (Lipinski definition) is 1. The number of rotatable bonds is 3. The molecule has 2 N–H and O–H groups in total. The Hall–Kier alpha value is -1.82. The Morgan fingerprint density at radius 1 is 1.28 bits per heavy atom. The number of ether oxygens (including phenoxy) is 1. The summed E-state index contributed by atoms with van der Waals surface area (Å²) in [5, 5.41) is 0.531. The molecular formula is C12H12FN3OS. The van der Waals surface area contributed by atoms with Gasteiger partial charge in [-0.15, -0.1) is 0 Å². The molecule has 0 saturated carbocycles. The van der Waals surface area contributed by atoms with E-state index < -0.39 is 0 Å². The van der Waals surface area contributed by atoms with E-state index in [4.69, 9.17) is 10.5 Å². The molecule has 0 fully saturated rings. The molecule has 0 bridgehead atoms. The van der Waals surface area contributed by atoms with Crippen molar-refractivity contribution in [1.29, 1.82) is 0 Å². The fourth-order valence-corrected chi connectivity index (χ4v) is 1.74. The second-order valence-corrected chi connectivity index (χ2v) is 4.40. The standard InChI is InChI=1S/C12H12FN3OS/c1-7-5-8(3-4-9(7)13)17-11-6-10(14)15-12(16-11)18-2/h3-6H,1-2H3,(H2,14,15,16). The lowest BCUT2D eigenvalue weighted by molar-refractivity contribution is 0.454. The van der Waals surface area contributed by atoms with Crippen LogP contribution in [-0.2, 0) is 0 Å². The van der Waals surface area contributed by atoms with Gasteiger partial charge in [0.2, 0.25) is 5.88 Å². The lowest BCUT2D eigenvalue weighted by atomic mass is 10.2. The van der Waals surface area contributed by atoms with Crippen molar-refractivity contribution in [3.05, 3.63) is 35.6 Å². The lowest BCUT2D eigenvalue weighted by Gasteiger charge is -2.07. The Kier molecular flexibility index (Phi) is 3.66. The summed E-state index contributed by atoms with van der Waals surface area (Å²) in [6, 6.07) is 6.02. The van der Waals surface area contributed by atoms with E-state index >= 15 is 0 Å². The Labute approximate surface area is 108 Å². The van der Waals surface area contributed by atoms with Crippen molar-refractivity contribution >= 4 is 17.6 Å². The second-order valence-electron chi connectivity index (χ2n) is 3.63. The summed E-state index contributed by atoms with van der Waals surface area (Å²) in [5.41, 5.74) is 6.15. The van der Waals surface area contributed by atoms with Crippen LogP contribution in [0.2, 0.25) is 0 Å². The number of thioether (sulfide) groups is 1. The summed E-state index contributed by atoms with van der Waals surface area (Å²) < 4.78 is 18.6. The van der Waals surface area contributed by atoms with E-state index in [1.807, 2.05) is 6.26 Å². The summed E-state index contributed by atoms with van der Waals surface area (Å²) in [5.74, 6) is 0.925. The van der Waals surface area contributed by atoms with Crippen LogP contribution in [0, 0.1) is 12.7 Å². The summed E-state index contributed by atoms with van der Waals surface area (Å²) in [6.07, 6.45) is 1.85. The SMILES string of the molecule is CSc1nc(N)cc(Oc2ccc(F)c(C)c2)n1. The van der Waals surface area contributed by atoms with E-state index in [-0.39, 0.29) is 5.82 Å². The third-order valence-electron chi connectivity index (χ3n) is 2.24. The van der Waals surface area contributed by atoms with Gasteiger partial charge >= 0.3 is 0 Å². The summed E-state index contributed by atoms with van der Waals surface area (Å²) in [4.78, 5) is 8.17. The molecule has 4 nitrogen and oxygen atoms in total. The van der Waals surface area contributed by atoms with E-state index in [1.54, 1.807) is 19.1 Å². The molecule has 1 aromatic carbocycles. The molecular weight excluding hydrogens is 253 g/mol. The molecule has 1 aromatic heterocycles. The van der Waals surface area contributed by atoms with Gasteiger partial charge in [-0.1, -0.05) is 11.8 Å². The van der Waals surface area contributed by atoms with Gasteiger partial charge in [0, 0.05) is 6.07 Å². The van der Waals surface area contributed by atoms with Gasteiger partial charge in [-0.3, -0.25) is 0 Å². The third kappa shape index (κ3) is 2.89. The molecule has 6 heteroatoms. The maximum atomic E-state index is 13.1. The number of nitrogens with two attached hydrogens (primary N) is 1. The van der Waals surface area contributed by atoms with Crippen LogP contribution < -0.4 is 10.5 Å². The zero-order valence-electron chi connectivity index (χ0n) is 9.98. The van der Waals surface area contributed by atoms with Crippen molar-refractivity contribution in [1.82, 2.24) is 9.97 Å². The first kappa shape index (κ1) is 12.6. The molecule has 18 heavy (non-hydrogen) atoms. The molecule has 0 unspecified atom stereocenters. The highest BCUT2D eigenvalue weighted by Gasteiger charge is 2.05.